The summed E-state index contributed by atoms with van der Waals surface area (Å²) in [6, 6.07) is 0. The molecule has 0 heterocycles. The molecule has 0 saturated carbocycles. The van der Waals surface area contributed by atoms with Crippen molar-refractivity contribution in [2.75, 3.05) is 0 Å². The van der Waals surface area contributed by atoms with E-state index in [9.17, 15) is 0 Å². The van der Waals surface area contributed by atoms with E-state index in [0.29, 0.717) is 7.44 Å². The molecule has 0 N–H and O–H groups in total. The Bertz CT molecular complexity index is 265. The molecule has 19 heavy (non-hydrogen) atoms. The van der Waals surface area contributed by atoms with E-state index in [-0.39, 0.29) is 0 Å². The maximum absolute atomic E-state index is 7.21. The van der Waals surface area contributed by atoms with Gasteiger partial charge in [0.15, 0.2) is 0 Å². The molecule has 0 fully saturated rings. The van der Waals surface area contributed by atoms with Crippen molar-refractivity contribution in [3.05, 3.63) is 0 Å². The minimum absolute atomic E-state index is 0.378. The molecule has 0 unspecified atom stereocenters. The molecule has 116 valence electrons. The van der Waals surface area contributed by atoms with Gasteiger partial charge in [-0.15, -0.1) is 0 Å². The molecule has 0 aliphatic carbocycles. The molecular weight excluding hydrogens is 304 g/mol. The van der Waals surface area contributed by atoms with Crippen molar-refractivity contribution < 1.29 is 35.9 Å². The normalized spacial score (nSPS) is 14.8. The van der Waals surface area contributed by atoms with Crippen LogP contribution in [0.5, 0.6) is 0 Å². The summed E-state index contributed by atoms with van der Waals surface area (Å²) in [6.45, 7) is 19.2. The average Bonchev–Trinajstić information content (AvgIpc) is 2.13. The van der Waals surface area contributed by atoms with E-state index in [1.807, 2.05) is 0 Å². The van der Waals surface area contributed by atoms with E-state index in [4.69, 9.17) is 1.90 Å². The van der Waals surface area contributed by atoms with Gasteiger partial charge >= 0.3 is 131 Å². The second-order valence-corrected chi connectivity index (χ2v) is 24.3. The first-order valence-electron chi connectivity index (χ1n) is 8.03. The van der Waals surface area contributed by atoms with E-state index in [1.165, 1.54) is 22.3 Å². The summed E-state index contributed by atoms with van der Waals surface area (Å²) in [6.07, 6.45) is 2.58. The maximum atomic E-state index is 7.21. The van der Waals surface area contributed by atoms with Crippen LogP contribution in [0.25, 0.3) is 0 Å². The Morgan fingerprint density at radius 3 is 1.32 bits per heavy atom. The summed E-state index contributed by atoms with van der Waals surface area (Å²) in [5.41, 5.74) is 0. The zero-order valence-corrected chi connectivity index (χ0v) is 18.4. The van der Waals surface area contributed by atoms with Gasteiger partial charge in [-0.25, -0.2) is 0 Å². The third-order valence-corrected chi connectivity index (χ3v) is 26.1. The Morgan fingerprint density at radius 2 is 1.11 bits per heavy atom. The average molecular weight is 342 g/mol. The number of rotatable bonds is 6. The third kappa shape index (κ3) is 5.26. The minimum atomic E-state index is -2.26. The van der Waals surface area contributed by atoms with Gasteiger partial charge in [0.05, 0.1) is 0 Å². The first kappa shape index (κ1) is 20.4. The molecule has 0 aromatic carbocycles. The molecular formula is C16H38OTi2. The van der Waals surface area contributed by atoms with Crippen LogP contribution in [-0.4, -0.2) is 0 Å². The van der Waals surface area contributed by atoms with Gasteiger partial charge in [-0.1, -0.05) is 0 Å². The van der Waals surface area contributed by atoms with Gasteiger partial charge in [-0.3, -0.25) is 0 Å². The van der Waals surface area contributed by atoms with E-state index >= 15 is 0 Å². The van der Waals surface area contributed by atoms with Crippen LogP contribution in [0.1, 0.15) is 68.2 Å². The van der Waals surface area contributed by atoms with Gasteiger partial charge in [0, 0.05) is 0 Å². The third-order valence-electron chi connectivity index (χ3n) is 4.93. The van der Waals surface area contributed by atoms with Crippen molar-refractivity contribution in [2.45, 2.75) is 95.6 Å². The molecule has 0 rings (SSSR count). The number of hydrogen-bond donors (Lipinski definition) is 0. The molecule has 3 heteroatoms. The van der Waals surface area contributed by atoms with Crippen LogP contribution < -0.4 is 0 Å². The van der Waals surface area contributed by atoms with Gasteiger partial charge in [-0.2, -0.15) is 0 Å². The van der Waals surface area contributed by atoms with Crippen LogP contribution in [0, 0.1) is 0 Å². The monoisotopic (exact) mass is 342 g/mol. The van der Waals surface area contributed by atoms with Crippen LogP contribution in [-0.2, 0) is 35.9 Å². The molecule has 0 aliphatic heterocycles. The predicted molar refractivity (Wildman–Crippen MR) is 82.4 cm³/mol. The second kappa shape index (κ2) is 7.10. The Hall–Kier alpha value is 1.39. The molecule has 0 saturated heterocycles. The van der Waals surface area contributed by atoms with Crippen molar-refractivity contribution in [2.24, 2.45) is 0 Å². The fourth-order valence-electron chi connectivity index (χ4n) is 2.58. The van der Waals surface area contributed by atoms with Crippen LogP contribution in [0.4, 0.5) is 0 Å². The Kier molecular flexibility index (Phi) is 7.62. The molecule has 0 aliphatic rings. The fourth-order valence-corrected chi connectivity index (χ4v) is 22.2. The summed E-state index contributed by atoms with van der Waals surface area (Å²) in [7, 11) is 0. The fraction of sp³-hybridized carbons (Fsp3) is 1.00. The van der Waals surface area contributed by atoms with Crippen molar-refractivity contribution in [1.29, 1.82) is 0 Å². The number of hydrogen-bond acceptors (Lipinski definition) is 1. The van der Waals surface area contributed by atoms with Gasteiger partial charge in [0.2, 0.25) is 0 Å². The second-order valence-electron chi connectivity index (χ2n) is 8.61. The van der Waals surface area contributed by atoms with Gasteiger partial charge in [-0.05, 0) is 0 Å². The SMILES string of the molecule is CC[CH2][Ti]([CH2]CC)([O][Ti]([CH3])([CH3])[C](C)(C)C)[C](C)(C)C. The van der Waals surface area contributed by atoms with E-state index in [0.717, 1.165) is 0 Å². The summed E-state index contributed by atoms with van der Waals surface area (Å²) in [5.74, 6) is 0. The van der Waals surface area contributed by atoms with E-state index in [1.54, 1.807) is 0 Å². The molecule has 1 nitrogen and oxygen atoms in total. The molecule has 0 bridgehead atoms. The molecule has 0 aromatic heterocycles. The molecule has 0 spiro atoms. The van der Waals surface area contributed by atoms with Gasteiger partial charge in [0.25, 0.3) is 0 Å². The van der Waals surface area contributed by atoms with Crippen LogP contribution in [0.2, 0.25) is 27.3 Å². The molecule has 0 amide bonds. The summed E-state index contributed by atoms with van der Waals surface area (Å²) >= 11 is -4.46. The van der Waals surface area contributed by atoms with Gasteiger partial charge < -0.3 is 0 Å². The Morgan fingerprint density at radius 1 is 0.737 bits per heavy atom. The molecule has 0 atom stereocenters. The van der Waals surface area contributed by atoms with Crippen LogP contribution in [0.3, 0.4) is 0 Å². The van der Waals surface area contributed by atoms with Crippen LogP contribution >= 0.6 is 0 Å². The van der Waals surface area contributed by atoms with Crippen LogP contribution in [0.15, 0.2) is 0 Å². The topological polar surface area (TPSA) is 9.23 Å². The van der Waals surface area contributed by atoms with Gasteiger partial charge in [0.1, 0.15) is 0 Å². The summed E-state index contributed by atoms with van der Waals surface area (Å²) in [4.78, 5) is 0. The van der Waals surface area contributed by atoms with Crippen molar-refractivity contribution in [1.82, 2.24) is 0 Å². The Balaban J connectivity index is 5.48. The van der Waals surface area contributed by atoms with Crippen molar-refractivity contribution in [3.8, 4) is 0 Å². The van der Waals surface area contributed by atoms with Crippen molar-refractivity contribution >= 4 is 0 Å². The van der Waals surface area contributed by atoms with E-state index in [2.05, 4.69) is 65.8 Å². The standard InChI is InChI=1S/2C4H9.2C3H7.2CH3.O.2Ti/c2*1-4(2)3;2*1-3-2;;;;;/h2*1-3H3;2*1,3H2,2H3;2*1H3;;;. The van der Waals surface area contributed by atoms with E-state index < -0.39 is 34.0 Å². The zero-order chi connectivity index (χ0) is 15.5. The summed E-state index contributed by atoms with van der Waals surface area (Å²) in [5, 5.41) is 4.97. The summed E-state index contributed by atoms with van der Waals surface area (Å²) < 4.78 is 10.7. The quantitative estimate of drug-likeness (QED) is 0.459. The first-order chi connectivity index (χ1) is 8.33. The first-order valence-corrected chi connectivity index (χ1v) is 16.2. The molecule has 0 aromatic rings. The Labute approximate surface area is 130 Å². The predicted octanol–water partition coefficient (Wildman–Crippen LogP) is 7.33. The molecule has 0 radical (unpaired) electrons. The zero-order valence-electron chi connectivity index (χ0n) is 15.2. The van der Waals surface area contributed by atoms with Crippen molar-refractivity contribution in [3.63, 3.8) is 0 Å².